The maximum Gasteiger partial charge on any atom is 0.264 e. The Balaban J connectivity index is 2.07. The molecule has 0 aliphatic heterocycles. The van der Waals surface area contributed by atoms with E-state index in [1.165, 1.54) is 0 Å². The smallest absolute Gasteiger partial charge is 0.264 e. The Morgan fingerprint density at radius 2 is 1.95 bits per heavy atom. The van der Waals surface area contributed by atoms with Crippen molar-refractivity contribution in [2.24, 2.45) is 0 Å². The molecule has 5 heteroatoms. The lowest BCUT2D eigenvalue weighted by molar-refractivity contribution is 1.03. The second-order valence-electron chi connectivity index (χ2n) is 4.80. The summed E-state index contributed by atoms with van der Waals surface area (Å²) in [7, 11) is 0. The Kier molecular flexibility index (Phi) is 2.55. The number of nitrogens with zero attached hydrogens (tertiary/aromatic N) is 2. The van der Waals surface area contributed by atoms with Crippen LogP contribution in [-0.4, -0.2) is 9.55 Å². The first-order chi connectivity index (χ1) is 10.2. The Morgan fingerprint density at radius 3 is 2.86 bits per heavy atom. The lowest BCUT2D eigenvalue weighted by atomic mass is 10.1. The van der Waals surface area contributed by atoms with Crippen LogP contribution < -0.4 is 11.3 Å². The highest BCUT2D eigenvalue weighted by molar-refractivity contribution is 7.16. The van der Waals surface area contributed by atoms with Gasteiger partial charge in [-0.15, -0.1) is 11.3 Å². The Morgan fingerprint density at radius 1 is 1.10 bits per heavy atom. The summed E-state index contributed by atoms with van der Waals surface area (Å²) in [4.78, 5) is 16.9. The van der Waals surface area contributed by atoms with Crippen LogP contribution in [0.25, 0.3) is 26.7 Å². The fourth-order valence-corrected chi connectivity index (χ4v) is 3.24. The molecule has 102 valence electrons. The third-order valence-corrected chi connectivity index (χ3v) is 4.32. The molecule has 21 heavy (non-hydrogen) atoms. The molecule has 0 saturated carbocycles. The van der Waals surface area contributed by atoms with Gasteiger partial charge in [0.15, 0.2) is 0 Å². The minimum atomic E-state index is -0.102. The van der Waals surface area contributed by atoms with Crippen LogP contribution in [0.4, 0.5) is 5.82 Å². The van der Waals surface area contributed by atoms with Crippen molar-refractivity contribution >= 4 is 38.1 Å². The number of aromatic nitrogens is 2. The molecule has 0 fully saturated rings. The molecule has 2 aromatic carbocycles. The van der Waals surface area contributed by atoms with Crippen molar-refractivity contribution in [3.63, 3.8) is 0 Å². The van der Waals surface area contributed by atoms with E-state index in [0.717, 1.165) is 21.3 Å². The zero-order valence-electron chi connectivity index (χ0n) is 11.0. The molecule has 0 aliphatic rings. The average Bonchev–Trinajstić information content (AvgIpc) is 2.95. The summed E-state index contributed by atoms with van der Waals surface area (Å²) >= 11 is 1.54. The molecule has 0 atom stereocenters. The summed E-state index contributed by atoms with van der Waals surface area (Å²) in [6.45, 7) is 0. The summed E-state index contributed by atoms with van der Waals surface area (Å²) in [5, 5.41) is 1.52. The van der Waals surface area contributed by atoms with E-state index < -0.39 is 0 Å². The van der Waals surface area contributed by atoms with E-state index in [4.69, 9.17) is 5.73 Å². The topological polar surface area (TPSA) is 60.9 Å². The molecule has 4 aromatic rings. The SMILES string of the molecule is Nc1cc2ccccc2c(=O)n1-c1ccc2ncsc2c1. The second kappa shape index (κ2) is 4.43. The average molecular weight is 293 g/mol. The Labute approximate surface area is 124 Å². The lowest BCUT2D eigenvalue weighted by Gasteiger charge is -2.11. The number of hydrogen-bond acceptors (Lipinski definition) is 4. The summed E-state index contributed by atoms with van der Waals surface area (Å²) in [5.41, 5.74) is 9.47. The molecule has 0 spiro atoms. The van der Waals surface area contributed by atoms with Crippen LogP contribution in [0.15, 0.2) is 58.8 Å². The molecule has 4 rings (SSSR count). The van der Waals surface area contributed by atoms with Crippen molar-refractivity contribution in [1.29, 1.82) is 0 Å². The van der Waals surface area contributed by atoms with E-state index in [9.17, 15) is 4.79 Å². The molecule has 4 nitrogen and oxygen atoms in total. The molecular formula is C16H11N3OS. The van der Waals surface area contributed by atoms with Gasteiger partial charge in [0, 0.05) is 5.39 Å². The largest absolute Gasteiger partial charge is 0.385 e. The van der Waals surface area contributed by atoms with E-state index in [-0.39, 0.29) is 5.56 Å². The second-order valence-corrected chi connectivity index (χ2v) is 5.69. The van der Waals surface area contributed by atoms with Gasteiger partial charge in [0.25, 0.3) is 5.56 Å². The van der Waals surface area contributed by atoms with Crippen molar-refractivity contribution in [3.8, 4) is 5.69 Å². The number of nitrogens with two attached hydrogens (primary N) is 1. The molecule has 0 saturated heterocycles. The van der Waals surface area contributed by atoms with Crippen molar-refractivity contribution in [1.82, 2.24) is 9.55 Å². The normalized spacial score (nSPS) is 11.2. The van der Waals surface area contributed by atoms with E-state index >= 15 is 0 Å². The van der Waals surface area contributed by atoms with Gasteiger partial charge in [-0.25, -0.2) is 4.98 Å². The maximum absolute atomic E-state index is 12.7. The fourth-order valence-electron chi connectivity index (χ4n) is 2.53. The number of nitrogen functional groups attached to an aromatic ring is 1. The minimum absolute atomic E-state index is 0.102. The molecule has 0 unspecified atom stereocenters. The lowest BCUT2D eigenvalue weighted by Crippen LogP contribution is -2.21. The van der Waals surface area contributed by atoms with Crippen molar-refractivity contribution < 1.29 is 0 Å². The zero-order valence-corrected chi connectivity index (χ0v) is 11.8. The van der Waals surface area contributed by atoms with Crippen molar-refractivity contribution in [3.05, 3.63) is 64.4 Å². The van der Waals surface area contributed by atoms with Gasteiger partial charge in [0.1, 0.15) is 5.82 Å². The summed E-state index contributed by atoms with van der Waals surface area (Å²) < 4.78 is 2.58. The summed E-state index contributed by atoms with van der Waals surface area (Å²) in [6.07, 6.45) is 0. The highest BCUT2D eigenvalue weighted by atomic mass is 32.1. The van der Waals surface area contributed by atoms with Gasteiger partial charge in [-0.1, -0.05) is 18.2 Å². The molecule has 2 N–H and O–H groups in total. The molecule has 2 heterocycles. The van der Waals surface area contributed by atoms with Crippen molar-refractivity contribution in [2.75, 3.05) is 5.73 Å². The third-order valence-electron chi connectivity index (χ3n) is 3.53. The Hall–Kier alpha value is -2.66. The molecular weight excluding hydrogens is 282 g/mol. The number of rotatable bonds is 1. The van der Waals surface area contributed by atoms with E-state index in [1.54, 1.807) is 21.4 Å². The first-order valence-electron chi connectivity index (χ1n) is 6.48. The monoisotopic (exact) mass is 293 g/mol. The van der Waals surface area contributed by atoms with Crippen LogP contribution in [0, 0.1) is 0 Å². The molecule has 0 amide bonds. The van der Waals surface area contributed by atoms with E-state index in [1.807, 2.05) is 48.5 Å². The van der Waals surface area contributed by atoms with Crippen LogP contribution in [0.2, 0.25) is 0 Å². The number of pyridine rings is 1. The van der Waals surface area contributed by atoms with Crippen LogP contribution in [0.3, 0.4) is 0 Å². The Bertz CT molecular complexity index is 1030. The molecule has 0 aliphatic carbocycles. The van der Waals surface area contributed by atoms with Crippen LogP contribution >= 0.6 is 11.3 Å². The number of anilines is 1. The first kappa shape index (κ1) is 12.1. The molecule has 0 bridgehead atoms. The van der Waals surface area contributed by atoms with Crippen molar-refractivity contribution in [2.45, 2.75) is 0 Å². The quantitative estimate of drug-likeness (QED) is 0.586. The van der Waals surface area contributed by atoms with Crippen LogP contribution in [-0.2, 0) is 0 Å². The maximum atomic E-state index is 12.7. The van der Waals surface area contributed by atoms with Crippen LogP contribution in [0.1, 0.15) is 0 Å². The van der Waals surface area contributed by atoms with Gasteiger partial charge >= 0.3 is 0 Å². The predicted molar refractivity (Wildman–Crippen MR) is 87.1 cm³/mol. The zero-order chi connectivity index (χ0) is 14.4. The number of benzene rings is 2. The van der Waals surface area contributed by atoms with Crippen LogP contribution in [0.5, 0.6) is 0 Å². The first-order valence-corrected chi connectivity index (χ1v) is 7.36. The number of thiazole rings is 1. The molecule has 0 radical (unpaired) electrons. The highest BCUT2D eigenvalue weighted by Crippen LogP contribution is 2.23. The van der Waals surface area contributed by atoms with E-state index in [0.29, 0.717) is 11.2 Å². The van der Waals surface area contributed by atoms with E-state index in [2.05, 4.69) is 4.98 Å². The number of fused-ring (bicyclic) bond motifs is 2. The third kappa shape index (κ3) is 1.82. The van der Waals surface area contributed by atoms with Gasteiger partial charge in [-0.3, -0.25) is 9.36 Å². The fraction of sp³-hybridized carbons (Fsp3) is 0. The van der Waals surface area contributed by atoms with Gasteiger partial charge in [0.05, 0.1) is 21.4 Å². The van der Waals surface area contributed by atoms with Gasteiger partial charge < -0.3 is 5.73 Å². The number of hydrogen-bond donors (Lipinski definition) is 1. The van der Waals surface area contributed by atoms with Gasteiger partial charge in [0.2, 0.25) is 0 Å². The summed E-state index contributed by atoms with van der Waals surface area (Å²) in [5.74, 6) is 0.433. The minimum Gasteiger partial charge on any atom is -0.385 e. The molecule has 2 aromatic heterocycles. The van der Waals surface area contributed by atoms with Gasteiger partial charge in [-0.2, -0.15) is 0 Å². The standard InChI is InChI=1S/C16H11N3OS/c17-15-7-10-3-1-2-4-12(10)16(20)19(15)11-5-6-13-14(8-11)21-9-18-13/h1-9H,17H2. The summed E-state index contributed by atoms with van der Waals surface area (Å²) in [6, 6.07) is 15.0. The van der Waals surface area contributed by atoms with Gasteiger partial charge in [-0.05, 0) is 35.7 Å². The predicted octanol–water partition coefficient (Wildman–Crippen LogP) is 3.18. The highest BCUT2D eigenvalue weighted by Gasteiger charge is 2.09.